The van der Waals surface area contributed by atoms with Gasteiger partial charge in [0.05, 0.1) is 25.7 Å². The van der Waals surface area contributed by atoms with E-state index >= 15 is 0 Å². The molecule has 0 aromatic carbocycles. The molecule has 4 nitrogen and oxygen atoms in total. The van der Waals surface area contributed by atoms with Crippen molar-refractivity contribution in [1.82, 2.24) is 0 Å². The van der Waals surface area contributed by atoms with Gasteiger partial charge in [0, 0.05) is 0 Å². The lowest BCUT2D eigenvalue weighted by molar-refractivity contribution is -0.140. The maximum atomic E-state index is 11.0. The summed E-state index contributed by atoms with van der Waals surface area (Å²) in [6.45, 7) is 3.63. The van der Waals surface area contributed by atoms with Crippen molar-refractivity contribution in [1.29, 1.82) is 0 Å². The Hall–Kier alpha value is -1.54. The molecular formula is C10H14O4. The first-order valence-corrected chi connectivity index (χ1v) is 4.27. The minimum absolute atomic E-state index is 0.104. The van der Waals surface area contributed by atoms with E-state index < -0.39 is 5.97 Å². The Labute approximate surface area is 83.2 Å². The molecule has 14 heavy (non-hydrogen) atoms. The van der Waals surface area contributed by atoms with Crippen LogP contribution in [0.4, 0.5) is 0 Å². The zero-order valence-electron chi connectivity index (χ0n) is 8.62. The lowest BCUT2D eigenvalue weighted by Gasteiger charge is -1.97. The van der Waals surface area contributed by atoms with Crippen LogP contribution in [0, 0.1) is 0 Å². The molecule has 0 fully saturated rings. The molecule has 0 rings (SSSR count). The average molecular weight is 198 g/mol. The molecule has 0 radical (unpaired) electrons. The number of methoxy groups -OCH3 is 1. The molecule has 0 heterocycles. The van der Waals surface area contributed by atoms with Crippen molar-refractivity contribution < 1.29 is 19.1 Å². The molecule has 0 bridgehead atoms. The van der Waals surface area contributed by atoms with Gasteiger partial charge in [0.1, 0.15) is 0 Å². The van der Waals surface area contributed by atoms with E-state index in [1.54, 1.807) is 13.8 Å². The molecule has 4 heteroatoms. The summed E-state index contributed by atoms with van der Waals surface area (Å²) in [5, 5.41) is 0. The second-order valence-electron chi connectivity index (χ2n) is 2.47. The van der Waals surface area contributed by atoms with Crippen LogP contribution in [-0.4, -0.2) is 25.7 Å². The van der Waals surface area contributed by atoms with Gasteiger partial charge < -0.3 is 9.47 Å². The Morgan fingerprint density at radius 2 is 2.07 bits per heavy atom. The van der Waals surface area contributed by atoms with E-state index in [2.05, 4.69) is 10.5 Å². The maximum absolute atomic E-state index is 11.0. The third-order valence-electron chi connectivity index (χ3n) is 1.40. The molecule has 0 aliphatic heterocycles. The van der Waals surface area contributed by atoms with Crippen LogP contribution in [0.1, 0.15) is 20.3 Å². The quantitative estimate of drug-likeness (QED) is 0.387. The summed E-state index contributed by atoms with van der Waals surface area (Å²) in [6.07, 6.45) is 1.55. The normalized spacial score (nSPS) is 8.50. The summed E-state index contributed by atoms with van der Waals surface area (Å²) < 4.78 is 9.12. The van der Waals surface area contributed by atoms with Gasteiger partial charge in [-0.1, -0.05) is 0 Å². The summed E-state index contributed by atoms with van der Waals surface area (Å²) in [6, 6.07) is 0. The molecule has 0 N–H and O–H groups in total. The summed E-state index contributed by atoms with van der Waals surface area (Å²) >= 11 is 0. The molecule has 78 valence electrons. The van der Waals surface area contributed by atoms with E-state index in [4.69, 9.17) is 4.74 Å². The summed E-state index contributed by atoms with van der Waals surface area (Å²) in [7, 11) is 1.30. The third-order valence-corrected chi connectivity index (χ3v) is 1.40. The first-order valence-electron chi connectivity index (χ1n) is 4.27. The summed E-state index contributed by atoms with van der Waals surface area (Å²) in [5.41, 5.74) is 2.99. The van der Waals surface area contributed by atoms with E-state index in [1.807, 2.05) is 0 Å². The van der Waals surface area contributed by atoms with Crippen LogP contribution in [0.3, 0.4) is 0 Å². The van der Waals surface area contributed by atoms with Gasteiger partial charge in [-0.25, -0.2) is 4.79 Å². The highest BCUT2D eigenvalue weighted by Crippen LogP contribution is 1.95. The molecule has 0 aliphatic rings. The van der Waals surface area contributed by atoms with Crippen LogP contribution in [0.25, 0.3) is 0 Å². The van der Waals surface area contributed by atoms with Crippen LogP contribution in [0.15, 0.2) is 17.4 Å². The van der Waals surface area contributed by atoms with E-state index in [0.29, 0.717) is 12.2 Å². The zero-order chi connectivity index (χ0) is 11.0. The Morgan fingerprint density at radius 1 is 1.43 bits per heavy atom. The molecule has 0 atom stereocenters. The van der Waals surface area contributed by atoms with Gasteiger partial charge in [0.25, 0.3) is 0 Å². The lowest BCUT2D eigenvalue weighted by atomic mass is 10.3. The average Bonchev–Trinajstić information content (AvgIpc) is 2.17. The molecule has 0 unspecified atom stereocenters. The third kappa shape index (κ3) is 5.17. The number of esters is 2. The Bertz CT molecular complexity index is 272. The second-order valence-corrected chi connectivity index (χ2v) is 2.47. The van der Waals surface area contributed by atoms with Crippen molar-refractivity contribution in [3.8, 4) is 0 Å². The van der Waals surface area contributed by atoms with Gasteiger partial charge in [0.15, 0.2) is 0 Å². The molecule has 0 aliphatic carbocycles. The van der Waals surface area contributed by atoms with Crippen molar-refractivity contribution in [2.24, 2.45) is 0 Å². The fourth-order valence-corrected chi connectivity index (χ4v) is 0.669. The lowest BCUT2D eigenvalue weighted by Crippen LogP contribution is -2.04. The molecule has 0 amide bonds. The smallest absolute Gasteiger partial charge is 0.341 e. The molecule has 0 spiro atoms. The van der Waals surface area contributed by atoms with Gasteiger partial charge >= 0.3 is 11.9 Å². The van der Waals surface area contributed by atoms with Crippen LogP contribution >= 0.6 is 0 Å². The fraction of sp³-hybridized carbons (Fsp3) is 0.500. The maximum Gasteiger partial charge on any atom is 0.341 e. The van der Waals surface area contributed by atoms with Crippen molar-refractivity contribution in [3.63, 3.8) is 0 Å². The van der Waals surface area contributed by atoms with Crippen LogP contribution in [-0.2, 0) is 19.1 Å². The number of carbonyl (C=O) groups is 2. The van der Waals surface area contributed by atoms with Crippen molar-refractivity contribution in [3.05, 3.63) is 17.4 Å². The molecule has 0 aromatic rings. The molecule has 0 saturated carbocycles. The van der Waals surface area contributed by atoms with Crippen LogP contribution in [0.5, 0.6) is 0 Å². The first-order chi connectivity index (χ1) is 6.61. The Kier molecular flexibility index (Phi) is 6.16. The number of rotatable bonds is 4. The fourth-order valence-electron chi connectivity index (χ4n) is 0.669. The zero-order valence-corrected chi connectivity index (χ0v) is 8.62. The van der Waals surface area contributed by atoms with Crippen molar-refractivity contribution in [2.45, 2.75) is 20.3 Å². The second kappa shape index (κ2) is 6.92. The minimum atomic E-state index is -0.423. The number of ether oxygens (including phenoxy) is 2. The van der Waals surface area contributed by atoms with Gasteiger partial charge in [0.2, 0.25) is 0 Å². The molecule has 0 saturated heterocycles. The molecule has 0 aromatic heterocycles. The summed E-state index contributed by atoms with van der Waals surface area (Å²) in [5.74, 6) is -0.789. The van der Waals surface area contributed by atoms with Crippen molar-refractivity contribution >= 4 is 11.9 Å². The van der Waals surface area contributed by atoms with Crippen LogP contribution in [0.2, 0.25) is 0 Å². The number of carbonyl (C=O) groups excluding carboxylic acids is 2. The largest absolute Gasteiger partial charge is 0.469 e. The topological polar surface area (TPSA) is 52.6 Å². The van der Waals surface area contributed by atoms with Gasteiger partial charge in [-0.15, -0.1) is 5.73 Å². The molecular weight excluding hydrogens is 184 g/mol. The monoisotopic (exact) mass is 198 g/mol. The number of hydrogen-bond acceptors (Lipinski definition) is 4. The predicted octanol–water partition coefficient (Wildman–Crippen LogP) is 1.21. The Balaban J connectivity index is 4.21. The van der Waals surface area contributed by atoms with Gasteiger partial charge in [-0.05, 0) is 19.9 Å². The summed E-state index contributed by atoms with van der Waals surface area (Å²) in [4.78, 5) is 21.7. The van der Waals surface area contributed by atoms with E-state index in [0.717, 1.165) is 0 Å². The highest BCUT2D eigenvalue weighted by Gasteiger charge is 2.02. The SMILES string of the molecule is CCOC(=O)C(C)=C=CCC(=O)OC. The number of hydrogen-bond donors (Lipinski definition) is 0. The first kappa shape index (κ1) is 12.5. The van der Waals surface area contributed by atoms with Crippen molar-refractivity contribution in [2.75, 3.05) is 13.7 Å². The minimum Gasteiger partial charge on any atom is -0.469 e. The van der Waals surface area contributed by atoms with Gasteiger partial charge in [-0.2, -0.15) is 0 Å². The highest BCUT2D eigenvalue weighted by molar-refractivity contribution is 5.87. The Morgan fingerprint density at radius 3 is 2.57 bits per heavy atom. The predicted molar refractivity (Wildman–Crippen MR) is 50.5 cm³/mol. The van der Waals surface area contributed by atoms with Crippen LogP contribution < -0.4 is 0 Å². The highest BCUT2D eigenvalue weighted by atomic mass is 16.5. The van der Waals surface area contributed by atoms with E-state index in [9.17, 15) is 9.59 Å². The standard InChI is InChI=1S/C10H14O4/c1-4-14-10(12)8(2)6-5-7-9(11)13-3/h5H,4,7H2,1-3H3. The van der Waals surface area contributed by atoms with E-state index in [-0.39, 0.29) is 12.4 Å². The van der Waals surface area contributed by atoms with E-state index in [1.165, 1.54) is 13.2 Å². The van der Waals surface area contributed by atoms with Gasteiger partial charge in [-0.3, -0.25) is 4.79 Å².